The minimum atomic E-state index is 0.0945. The molecule has 0 saturated heterocycles. The molecule has 3 nitrogen and oxygen atoms in total. The highest BCUT2D eigenvalue weighted by Gasteiger charge is 2.19. The molecule has 3 heteroatoms. The van der Waals surface area contributed by atoms with Crippen LogP contribution in [0.3, 0.4) is 0 Å². The number of hydrogen-bond acceptors (Lipinski definition) is 1. The molecule has 0 unspecified atom stereocenters. The van der Waals surface area contributed by atoms with Gasteiger partial charge in [0.15, 0.2) is 0 Å². The van der Waals surface area contributed by atoms with E-state index in [0.29, 0.717) is 0 Å². The Morgan fingerprint density at radius 1 is 1.42 bits per heavy atom. The summed E-state index contributed by atoms with van der Waals surface area (Å²) in [4.78, 5) is 0. The van der Waals surface area contributed by atoms with Crippen LogP contribution in [-0.4, -0.2) is 14.6 Å². The van der Waals surface area contributed by atoms with Crippen LogP contribution in [0.15, 0.2) is 18.3 Å². The maximum absolute atomic E-state index is 4.26. The molecule has 12 heavy (non-hydrogen) atoms. The van der Waals surface area contributed by atoms with Crippen molar-refractivity contribution in [2.75, 3.05) is 0 Å². The quantitative estimate of drug-likeness (QED) is 0.632. The second-order valence-electron chi connectivity index (χ2n) is 4.06. The molecule has 64 valence electrons. The predicted octanol–water partition coefficient (Wildman–Crippen LogP) is 1.96. The first-order chi connectivity index (χ1) is 5.59. The third kappa shape index (κ3) is 0.932. The van der Waals surface area contributed by atoms with Crippen LogP contribution in [0.5, 0.6) is 0 Å². The molecule has 2 aromatic rings. The summed E-state index contributed by atoms with van der Waals surface area (Å²) in [6.07, 6.45) is 2.03. The summed E-state index contributed by atoms with van der Waals surface area (Å²) < 4.78 is 2.08. The molecule has 0 bridgehead atoms. The highest BCUT2D eigenvalue weighted by molar-refractivity contribution is 5.39. The number of nitrogens with one attached hydrogen (secondary N) is 1. The molecular weight excluding hydrogens is 150 g/mol. The number of nitrogens with zero attached hydrogens (tertiary/aromatic N) is 2. The molecular formula is C9H13N3. The van der Waals surface area contributed by atoms with E-state index in [2.05, 4.69) is 35.4 Å². The van der Waals surface area contributed by atoms with E-state index in [1.165, 1.54) is 0 Å². The van der Waals surface area contributed by atoms with Crippen molar-refractivity contribution < 1.29 is 0 Å². The number of rotatable bonds is 0. The van der Waals surface area contributed by atoms with Crippen LogP contribution in [0.4, 0.5) is 0 Å². The van der Waals surface area contributed by atoms with Gasteiger partial charge in [-0.15, -0.1) is 0 Å². The van der Waals surface area contributed by atoms with Crippen molar-refractivity contribution in [3.05, 3.63) is 24.2 Å². The maximum Gasteiger partial charge on any atom is 0.140 e. The number of hydrogen-bond donors (Lipinski definition) is 1. The van der Waals surface area contributed by atoms with Gasteiger partial charge in [-0.3, -0.25) is 9.50 Å². The van der Waals surface area contributed by atoms with Crippen LogP contribution in [0.1, 0.15) is 26.6 Å². The summed E-state index contributed by atoms with van der Waals surface area (Å²) >= 11 is 0. The maximum atomic E-state index is 4.26. The van der Waals surface area contributed by atoms with Gasteiger partial charge in [-0.1, -0.05) is 20.8 Å². The SMILES string of the molecule is CC(C)(C)c1n[nH]c2cccn12. The van der Waals surface area contributed by atoms with Gasteiger partial charge in [0.2, 0.25) is 0 Å². The van der Waals surface area contributed by atoms with Crippen molar-refractivity contribution >= 4 is 5.65 Å². The molecule has 0 aliphatic heterocycles. The van der Waals surface area contributed by atoms with E-state index in [9.17, 15) is 0 Å². The third-order valence-corrected chi connectivity index (χ3v) is 1.92. The zero-order valence-electron chi connectivity index (χ0n) is 7.63. The Morgan fingerprint density at radius 2 is 2.17 bits per heavy atom. The zero-order chi connectivity index (χ0) is 8.77. The Bertz CT molecular complexity index is 389. The monoisotopic (exact) mass is 163 g/mol. The van der Waals surface area contributed by atoms with Crippen molar-refractivity contribution in [2.24, 2.45) is 0 Å². The normalized spacial score (nSPS) is 12.6. The molecule has 0 saturated carbocycles. The average molecular weight is 163 g/mol. The van der Waals surface area contributed by atoms with Gasteiger partial charge in [0.25, 0.3) is 0 Å². The molecule has 0 fully saturated rings. The topological polar surface area (TPSA) is 33.1 Å². The first kappa shape index (κ1) is 7.40. The van der Waals surface area contributed by atoms with Gasteiger partial charge in [0, 0.05) is 11.6 Å². The largest absolute Gasteiger partial charge is 0.288 e. The van der Waals surface area contributed by atoms with Gasteiger partial charge >= 0.3 is 0 Å². The van der Waals surface area contributed by atoms with Crippen LogP contribution in [-0.2, 0) is 5.41 Å². The van der Waals surface area contributed by atoms with Crippen LogP contribution in [0, 0.1) is 0 Å². The lowest BCUT2D eigenvalue weighted by Gasteiger charge is -2.14. The Labute approximate surface area is 71.4 Å². The zero-order valence-corrected chi connectivity index (χ0v) is 7.63. The Morgan fingerprint density at radius 3 is 2.83 bits per heavy atom. The molecule has 1 N–H and O–H groups in total. The smallest absolute Gasteiger partial charge is 0.140 e. The van der Waals surface area contributed by atoms with E-state index in [1.807, 2.05) is 18.3 Å². The van der Waals surface area contributed by atoms with Crippen LogP contribution in [0.25, 0.3) is 5.65 Å². The average Bonchev–Trinajstić information content (AvgIpc) is 2.37. The predicted molar refractivity (Wildman–Crippen MR) is 48.2 cm³/mol. The Balaban J connectivity index is 2.69. The number of aromatic amines is 1. The van der Waals surface area contributed by atoms with Gasteiger partial charge in [0.1, 0.15) is 11.5 Å². The standard InChI is InChI=1S/C9H13N3/c1-9(2,3)8-11-10-7-5-4-6-12(7)8/h4-6,10H,1-3H3. The summed E-state index contributed by atoms with van der Waals surface area (Å²) in [5.41, 5.74) is 1.15. The van der Waals surface area contributed by atoms with Crippen molar-refractivity contribution in [3.63, 3.8) is 0 Å². The molecule has 2 heterocycles. The molecule has 2 aromatic heterocycles. The van der Waals surface area contributed by atoms with Crippen LogP contribution in [0.2, 0.25) is 0 Å². The van der Waals surface area contributed by atoms with Crippen molar-refractivity contribution in [3.8, 4) is 0 Å². The second-order valence-corrected chi connectivity index (χ2v) is 4.06. The van der Waals surface area contributed by atoms with E-state index in [-0.39, 0.29) is 5.41 Å². The first-order valence-corrected chi connectivity index (χ1v) is 4.11. The fraction of sp³-hybridized carbons (Fsp3) is 0.444. The van der Waals surface area contributed by atoms with Crippen molar-refractivity contribution in [1.29, 1.82) is 0 Å². The fourth-order valence-corrected chi connectivity index (χ4v) is 1.35. The fourth-order valence-electron chi connectivity index (χ4n) is 1.35. The van der Waals surface area contributed by atoms with Crippen molar-refractivity contribution in [2.45, 2.75) is 26.2 Å². The van der Waals surface area contributed by atoms with E-state index in [1.54, 1.807) is 0 Å². The molecule has 0 atom stereocenters. The molecule has 0 aliphatic carbocycles. The lowest BCUT2D eigenvalue weighted by atomic mass is 9.96. The van der Waals surface area contributed by atoms with Crippen molar-refractivity contribution in [1.82, 2.24) is 14.6 Å². The number of fused-ring (bicyclic) bond motifs is 1. The third-order valence-electron chi connectivity index (χ3n) is 1.92. The summed E-state index contributed by atoms with van der Waals surface area (Å²) in [7, 11) is 0. The molecule has 0 aliphatic rings. The van der Waals surface area contributed by atoms with E-state index >= 15 is 0 Å². The van der Waals surface area contributed by atoms with E-state index in [4.69, 9.17) is 0 Å². The van der Waals surface area contributed by atoms with E-state index < -0.39 is 0 Å². The molecule has 0 radical (unpaired) electrons. The lowest BCUT2D eigenvalue weighted by Crippen LogP contribution is -2.15. The molecule has 0 spiro atoms. The van der Waals surface area contributed by atoms with Gasteiger partial charge in [0.05, 0.1) is 0 Å². The first-order valence-electron chi connectivity index (χ1n) is 4.11. The minimum absolute atomic E-state index is 0.0945. The minimum Gasteiger partial charge on any atom is -0.288 e. The Kier molecular flexibility index (Phi) is 1.31. The van der Waals surface area contributed by atoms with Crippen LogP contribution >= 0.6 is 0 Å². The summed E-state index contributed by atoms with van der Waals surface area (Å²) in [6, 6.07) is 4.03. The highest BCUT2D eigenvalue weighted by Crippen LogP contribution is 2.20. The highest BCUT2D eigenvalue weighted by atomic mass is 15.3. The Hall–Kier alpha value is -1.25. The summed E-state index contributed by atoms with van der Waals surface area (Å²) in [5, 5.41) is 7.25. The van der Waals surface area contributed by atoms with E-state index in [0.717, 1.165) is 11.5 Å². The van der Waals surface area contributed by atoms with Gasteiger partial charge in [-0.05, 0) is 12.1 Å². The van der Waals surface area contributed by atoms with Gasteiger partial charge < -0.3 is 0 Å². The van der Waals surface area contributed by atoms with Gasteiger partial charge in [-0.25, -0.2) is 0 Å². The lowest BCUT2D eigenvalue weighted by molar-refractivity contribution is 0.539. The molecule has 2 rings (SSSR count). The molecule has 0 amide bonds. The second kappa shape index (κ2) is 2.12. The summed E-state index contributed by atoms with van der Waals surface area (Å²) in [6.45, 7) is 6.47. The molecule has 0 aromatic carbocycles. The summed E-state index contributed by atoms with van der Waals surface area (Å²) in [5.74, 6) is 1.07. The number of H-pyrrole nitrogens is 1. The number of aromatic nitrogens is 3. The van der Waals surface area contributed by atoms with Crippen LogP contribution < -0.4 is 0 Å². The van der Waals surface area contributed by atoms with Gasteiger partial charge in [-0.2, -0.15) is 5.10 Å².